The SMILES string of the molecule is CC/C=C\C/C=C\C/C=C\C/C=C\C/C=C\CCCC(=O)OCC1OC(OC2CCC3(C)C(=CCC4C3CCC3(C)C(C(C)CCC(CC)C(C)C)CCC43)C2)C(O)C(O)C1O. The number of carbonyl (C=O) groups excluding carboxylic acids is 1. The van der Waals surface area contributed by atoms with Gasteiger partial charge >= 0.3 is 5.97 Å². The topological polar surface area (TPSA) is 105 Å². The highest BCUT2D eigenvalue weighted by Gasteiger charge is 2.59. The zero-order valence-corrected chi connectivity index (χ0v) is 40.0. The molecule has 0 aromatic carbocycles. The average Bonchev–Trinajstić information content (AvgIpc) is 3.62. The molecule has 0 bridgehead atoms. The number of ether oxygens (including phenoxy) is 3. The molecule has 350 valence electrons. The Bertz CT molecular complexity index is 1540. The highest BCUT2D eigenvalue weighted by molar-refractivity contribution is 5.69. The summed E-state index contributed by atoms with van der Waals surface area (Å²) in [4.78, 5) is 12.6. The van der Waals surface area contributed by atoms with Crippen LogP contribution in [-0.4, -0.2) is 64.7 Å². The Morgan fingerprint density at radius 1 is 0.806 bits per heavy atom. The maximum Gasteiger partial charge on any atom is 0.305 e. The number of carbonyl (C=O) groups is 1. The van der Waals surface area contributed by atoms with Crippen LogP contribution >= 0.6 is 0 Å². The van der Waals surface area contributed by atoms with E-state index < -0.39 is 30.7 Å². The lowest BCUT2D eigenvalue weighted by atomic mass is 9.47. The van der Waals surface area contributed by atoms with Crippen LogP contribution in [0.15, 0.2) is 72.4 Å². The van der Waals surface area contributed by atoms with E-state index in [1.54, 1.807) is 0 Å². The minimum Gasteiger partial charge on any atom is -0.463 e. The third-order valence-corrected chi connectivity index (χ3v) is 16.6. The Morgan fingerprint density at radius 2 is 1.47 bits per heavy atom. The normalized spacial score (nSPS) is 36.1. The van der Waals surface area contributed by atoms with Crippen LogP contribution in [-0.2, 0) is 19.0 Å². The van der Waals surface area contributed by atoms with Crippen LogP contribution in [0, 0.1) is 52.3 Å². The van der Waals surface area contributed by atoms with Crippen molar-refractivity contribution >= 4 is 5.97 Å². The second kappa shape index (κ2) is 24.8. The number of unbranched alkanes of at least 4 members (excludes halogenated alkanes) is 1. The molecule has 0 spiro atoms. The molecule has 0 aromatic rings. The number of rotatable bonds is 23. The summed E-state index contributed by atoms with van der Waals surface area (Å²) in [7, 11) is 0. The van der Waals surface area contributed by atoms with Gasteiger partial charge < -0.3 is 29.5 Å². The number of allylic oxidation sites excluding steroid dienone is 11. The molecule has 0 aromatic heterocycles. The van der Waals surface area contributed by atoms with Crippen LogP contribution in [0.3, 0.4) is 0 Å². The minimum atomic E-state index is -1.46. The highest BCUT2D eigenvalue weighted by Crippen LogP contribution is 2.67. The Hall–Kier alpha value is -2.29. The van der Waals surface area contributed by atoms with E-state index in [2.05, 4.69) is 115 Å². The first-order chi connectivity index (χ1) is 29.8. The lowest BCUT2D eigenvalue weighted by molar-refractivity contribution is -0.313. The van der Waals surface area contributed by atoms with E-state index in [0.717, 1.165) is 99.7 Å². The predicted molar refractivity (Wildman–Crippen MR) is 253 cm³/mol. The third-order valence-electron chi connectivity index (χ3n) is 16.6. The standard InChI is InChI=1S/C55H88O7/c1-8-10-11-12-13-14-15-16-17-18-19-20-21-22-23-24-25-26-49(56)60-38-48-50(57)51(58)52(59)53(62-48)61-43-33-35-54(6)42(37-43)29-30-44-46-32-31-45(55(46,7)36-34-47(44)54)40(5)27-28-41(9-2)39(3)4/h10-11,13-14,16-17,19-20,22-23,29,39-41,43-48,50-53,57-59H,8-9,12,15,18,21,24-28,30-38H2,1-7H3/b11-10-,14-13-,17-16-,20-19-,23-22-. The van der Waals surface area contributed by atoms with Gasteiger partial charge in [-0.15, -0.1) is 0 Å². The van der Waals surface area contributed by atoms with Crippen molar-refractivity contribution in [2.45, 2.75) is 207 Å². The van der Waals surface area contributed by atoms with Crippen LogP contribution in [0.4, 0.5) is 0 Å². The van der Waals surface area contributed by atoms with Crippen molar-refractivity contribution in [1.82, 2.24) is 0 Å². The maximum absolute atomic E-state index is 12.6. The quantitative estimate of drug-likeness (QED) is 0.0534. The first-order valence-corrected chi connectivity index (χ1v) is 25.3. The molecular formula is C55H88O7. The molecule has 0 amide bonds. The molecule has 14 atom stereocenters. The molecule has 14 unspecified atom stereocenters. The Labute approximate surface area is 377 Å². The molecule has 4 aliphatic carbocycles. The fourth-order valence-electron chi connectivity index (χ4n) is 12.7. The van der Waals surface area contributed by atoms with Gasteiger partial charge in [0.25, 0.3) is 0 Å². The van der Waals surface area contributed by atoms with Gasteiger partial charge in [-0.1, -0.05) is 134 Å². The molecule has 3 saturated carbocycles. The van der Waals surface area contributed by atoms with Gasteiger partial charge in [-0.3, -0.25) is 4.79 Å². The van der Waals surface area contributed by atoms with Crippen molar-refractivity contribution in [2.24, 2.45) is 52.3 Å². The third kappa shape index (κ3) is 13.2. The van der Waals surface area contributed by atoms with E-state index in [1.807, 2.05) is 0 Å². The van der Waals surface area contributed by atoms with E-state index in [0.29, 0.717) is 17.8 Å². The molecule has 3 N–H and O–H groups in total. The summed E-state index contributed by atoms with van der Waals surface area (Å²) in [5.41, 5.74) is 2.09. The van der Waals surface area contributed by atoms with E-state index >= 15 is 0 Å². The van der Waals surface area contributed by atoms with Crippen molar-refractivity contribution in [1.29, 1.82) is 0 Å². The fraction of sp³-hybridized carbons (Fsp3) is 0.764. The summed E-state index contributed by atoms with van der Waals surface area (Å²) in [5, 5.41) is 32.5. The van der Waals surface area contributed by atoms with Gasteiger partial charge in [-0.2, -0.15) is 0 Å². The van der Waals surface area contributed by atoms with Gasteiger partial charge in [-0.25, -0.2) is 0 Å². The molecule has 5 aliphatic rings. The first kappa shape index (κ1) is 50.7. The summed E-state index contributed by atoms with van der Waals surface area (Å²) >= 11 is 0. The number of esters is 1. The smallest absolute Gasteiger partial charge is 0.305 e. The average molecular weight is 861 g/mol. The highest BCUT2D eigenvalue weighted by atomic mass is 16.7. The molecule has 4 fully saturated rings. The number of fused-ring (bicyclic) bond motifs is 5. The van der Waals surface area contributed by atoms with Gasteiger partial charge in [0.15, 0.2) is 6.29 Å². The molecular weight excluding hydrogens is 773 g/mol. The van der Waals surface area contributed by atoms with Crippen molar-refractivity contribution < 1.29 is 34.3 Å². The molecule has 7 nitrogen and oxygen atoms in total. The van der Waals surface area contributed by atoms with Gasteiger partial charge in [0.1, 0.15) is 31.0 Å². The monoisotopic (exact) mass is 861 g/mol. The largest absolute Gasteiger partial charge is 0.463 e. The number of hydrogen-bond donors (Lipinski definition) is 3. The molecule has 1 saturated heterocycles. The maximum atomic E-state index is 12.6. The second-order valence-electron chi connectivity index (χ2n) is 20.8. The number of hydrogen-bond acceptors (Lipinski definition) is 7. The fourth-order valence-corrected chi connectivity index (χ4v) is 12.7. The molecule has 62 heavy (non-hydrogen) atoms. The summed E-state index contributed by atoms with van der Waals surface area (Å²) in [6.45, 7) is 16.8. The Morgan fingerprint density at radius 3 is 2.11 bits per heavy atom. The van der Waals surface area contributed by atoms with Crippen LogP contribution < -0.4 is 0 Å². The first-order valence-electron chi connectivity index (χ1n) is 25.3. The van der Waals surface area contributed by atoms with Crippen molar-refractivity contribution in [3.05, 3.63) is 72.4 Å². The van der Waals surface area contributed by atoms with Crippen LogP contribution in [0.1, 0.15) is 170 Å². The van der Waals surface area contributed by atoms with Gasteiger partial charge in [0.05, 0.1) is 6.10 Å². The summed E-state index contributed by atoms with van der Waals surface area (Å²) in [5.74, 6) is 5.12. The molecule has 1 aliphatic heterocycles. The van der Waals surface area contributed by atoms with E-state index in [9.17, 15) is 20.1 Å². The van der Waals surface area contributed by atoms with E-state index in [1.165, 1.54) is 50.5 Å². The summed E-state index contributed by atoms with van der Waals surface area (Å²) in [6, 6.07) is 0. The summed E-state index contributed by atoms with van der Waals surface area (Å²) < 4.78 is 18.0. The molecule has 1 heterocycles. The van der Waals surface area contributed by atoms with Gasteiger partial charge in [0, 0.05) is 6.42 Å². The van der Waals surface area contributed by atoms with Crippen molar-refractivity contribution in [3.8, 4) is 0 Å². The molecule has 7 heteroatoms. The van der Waals surface area contributed by atoms with Gasteiger partial charge in [-0.05, 0) is 155 Å². The van der Waals surface area contributed by atoms with Crippen molar-refractivity contribution in [2.75, 3.05) is 6.61 Å². The lowest BCUT2D eigenvalue weighted by Crippen LogP contribution is -2.60. The van der Waals surface area contributed by atoms with Crippen LogP contribution in [0.5, 0.6) is 0 Å². The Kier molecular flexibility index (Phi) is 20.3. The predicted octanol–water partition coefficient (Wildman–Crippen LogP) is 12.3. The molecule has 5 rings (SSSR count). The number of aliphatic hydroxyl groups excluding tert-OH is 3. The van der Waals surface area contributed by atoms with Gasteiger partial charge in [0.2, 0.25) is 0 Å². The molecule has 0 radical (unpaired) electrons. The number of aliphatic hydroxyl groups is 3. The van der Waals surface area contributed by atoms with Crippen LogP contribution in [0.25, 0.3) is 0 Å². The van der Waals surface area contributed by atoms with E-state index in [4.69, 9.17) is 14.2 Å². The van der Waals surface area contributed by atoms with Crippen LogP contribution in [0.2, 0.25) is 0 Å². The minimum absolute atomic E-state index is 0.157. The lowest BCUT2D eigenvalue weighted by Gasteiger charge is -2.58. The van der Waals surface area contributed by atoms with E-state index in [-0.39, 0.29) is 30.5 Å². The van der Waals surface area contributed by atoms with Crippen molar-refractivity contribution in [3.63, 3.8) is 0 Å². The zero-order chi connectivity index (χ0) is 44.7. The zero-order valence-electron chi connectivity index (χ0n) is 40.0. The Balaban J connectivity index is 1.03. The second-order valence-corrected chi connectivity index (χ2v) is 20.8. The summed E-state index contributed by atoms with van der Waals surface area (Å²) in [6.07, 6.45) is 37.5.